The first kappa shape index (κ1) is 19.8. The van der Waals surface area contributed by atoms with Gasteiger partial charge in [0, 0.05) is 11.1 Å². The predicted molar refractivity (Wildman–Crippen MR) is 117 cm³/mol. The van der Waals surface area contributed by atoms with E-state index in [1.165, 1.54) is 17.8 Å². The number of thiazole rings is 1. The number of hydrogen-bond acceptors (Lipinski definition) is 9. The van der Waals surface area contributed by atoms with Gasteiger partial charge >= 0.3 is 0 Å². The molecule has 0 radical (unpaired) electrons. The van der Waals surface area contributed by atoms with Gasteiger partial charge in [0.1, 0.15) is 6.17 Å². The third-order valence-corrected chi connectivity index (χ3v) is 7.71. The lowest BCUT2D eigenvalue weighted by Gasteiger charge is -2.28. The molecule has 0 spiro atoms. The Bertz CT molecular complexity index is 1220. The van der Waals surface area contributed by atoms with Crippen molar-refractivity contribution in [3.05, 3.63) is 41.5 Å². The van der Waals surface area contributed by atoms with Gasteiger partial charge in [0.25, 0.3) is 0 Å². The highest BCUT2D eigenvalue weighted by Gasteiger charge is 2.32. The number of hydrogen-bond donors (Lipinski definition) is 6. The molecule has 3 aromatic rings. The summed E-state index contributed by atoms with van der Waals surface area (Å²) in [6, 6.07) is 9.65. The predicted octanol–water partition coefficient (Wildman–Crippen LogP) is 1.65. The molecule has 1 aromatic heterocycles. The molecule has 1 saturated heterocycles. The van der Waals surface area contributed by atoms with E-state index in [4.69, 9.17) is 10.9 Å². The van der Waals surface area contributed by atoms with Crippen LogP contribution in [-0.2, 0) is 16.4 Å². The summed E-state index contributed by atoms with van der Waals surface area (Å²) in [5.74, 6) is 0.492. The Morgan fingerprint density at radius 2 is 1.87 bits per heavy atom. The van der Waals surface area contributed by atoms with Gasteiger partial charge in [-0.25, -0.2) is 29.4 Å². The molecule has 2 heterocycles. The van der Waals surface area contributed by atoms with Crippen LogP contribution in [0.2, 0.25) is 0 Å². The third-order valence-electron chi connectivity index (χ3n) is 5.81. The summed E-state index contributed by atoms with van der Waals surface area (Å²) in [6.45, 7) is 0. The molecule has 1 aliphatic heterocycles. The van der Waals surface area contributed by atoms with Crippen molar-refractivity contribution in [1.29, 1.82) is 0 Å². The molecular weight excluding hydrogens is 422 g/mol. The summed E-state index contributed by atoms with van der Waals surface area (Å²) in [4.78, 5) is 4.65. The van der Waals surface area contributed by atoms with Crippen molar-refractivity contribution in [3.63, 3.8) is 0 Å². The average molecular weight is 446 g/mol. The second-order valence-electron chi connectivity index (χ2n) is 7.74. The molecule has 2 aliphatic rings. The fraction of sp³-hybridized carbons (Fsp3) is 0.316. The van der Waals surface area contributed by atoms with Gasteiger partial charge in [0.15, 0.2) is 5.13 Å². The molecule has 1 saturated carbocycles. The van der Waals surface area contributed by atoms with E-state index < -0.39 is 16.2 Å². The van der Waals surface area contributed by atoms with E-state index in [9.17, 15) is 8.42 Å². The number of anilines is 1. The summed E-state index contributed by atoms with van der Waals surface area (Å²) in [6.07, 6.45) is 3.59. The molecule has 0 bridgehead atoms. The quantitative estimate of drug-likeness (QED) is 0.347. The van der Waals surface area contributed by atoms with Gasteiger partial charge in [-0.3, -0.25) is 0 Å². The van der Waals surface area contributed by atoms with Crippen molar-refractivity contribution in [2.45, 2.75) is 36.7 Å². The molecule has 0 atom stereocenters. The highest BCUT2D eigenvalue weighted by molar-refractivity contribution is 7.89. The molecule has 5 rings (SSSR count). The largest absolute Gasteiger partial charge is 0.375 e. The molecule has 8 N–H and O–H groups in total. The number of benzene rings is 2. The number of para-hydroxylation sites is 1. The number of rotatable bonds is 5. The van der Waals surface area contributed by atoms with Crippen LogP contribution >= 0.6 is 11.3 Å². The van der Waals surface area contributed by atoms with Crippen LogP contribution in [0, 0.1) is 5.92 Å². The van der Waals surface area contributed by atoms with Gasteiger partial charge in [-0.05, 0) is 29.5 Å². The molecule has 9 nitrogen and oxygen atoms in total. The minimum atomic E-state index is -3.99. The van der Waals surface area contributed by atoms with E-state index in [1.54, 1.807) is 0 Å². The molecular formula is C19H23N7O2S2. The minimum Gasteiger partial charge on any atom is -0.375 e. The van der Waals surface area contributed by atoms with Crippen molar-refractivity contribution in [3.8, 4) is 11.1 Å². The zero-order valence-electron chi connectivity index (χ0n) is 16.1. The highest BCUT2D eigenvalue weighted by Crippen LogP contribution is 2.41. The van der Waals surface area contributed by atoms with Crippen LogP contribution < -0.4 is 32.8 Å². The van der Waals surface area contributed by atoms with Crippen LogP contribution in [0.25, 0.3) is 21.3 Å². The number of hydrazine groups is 3. The summed E-state index contributed by atoms with van der Waals surface area (Å²) in [5, 5.41) is 6.23. The Kier molecular flexibility index (Phi) is 4.98. The second-order valence-corrected chi connectivity index (χ2v) is 10.3. The lowest BCUT2D eigenvalue weighted by atomic mass is 9.80. The number of fused-ring (bicyclic) bond motifs is 1. The fourth-order valence-electron chi connectivity index (χ4n) is 4.25. The van der Waals surface area contributed by atoms with Crippen molar-refractivity contribution in [2.24, 2.45) is 11.1 Å². The summed E-state index contributed by atoms with van der Waals surface area (Å²) < 4.78 is 26.6. The molecule has 1 aliphatic carbocycles. The van der Waals surface area contributed by atoms with Crippen LogP contribution in [-0.4, -0.2) is 13.4 Å². The number of nitrogens with one attached hydrogen (secondary N) is 4. The molecule has 0 amide bonds. The number of nitrogens with zero attached hydrogens (tertiary/aromatic N) is 1. The Labute approximate surface area is 178 Å². The first-order valence-corrected chi connectivity index (χ1v) is 12.1. The fourth-order valence-corrected chi connectivity index (χ4v) is 6.06. The van der Waals surface area contributed by atoms with Crippen molar-refractivity contribution < 1.29 is 8.42 Å². The number of nitrogen functional groups attached to an aromatic ring is 1. The van der Waals surface area contributed by atoms with E-state index in [0.717, 1.165) is 39.7 Å². The number of nitrogens with two attached hydrogens (primary N) is 2. The van der Waals surface area contributed by atoms with Crippen LogP contribution in [0.5, 0.6) is 0 Å². The maximum absolute atomic E-state index is 12.8. The third kappa shape index (κ3) is 3.48. The SMILES string of the molecule is Nc1nc2c(-c3ccc(CC4CCC4)c(S(N)(=O)=O)c3C3NNNN3)cccc2s1. The first-order chi connectivity index (χ1) is 14.4. The average Bonchev–Trinajstić information content (AvgIpc) is 3.31. The van der Waals surface area contributed by atoms with Gasteiger partial charge in [0.2, 0.25) is 10.0 Å². The Balaban J connectivity index is 1.78. The minimum absolute atomic E-state index is 0.169. The Morgan fingerprint density at radius 3 is 2.53 bits per heavy atom. The van der Waals surface area contributed by atoms with Crippen LogP contribution in [0.4, 0.5) is 5.13 Å². The standard InChI is InChI=1S/C19H23N7O2S2/c20-19-22-16-13(5-2-6-14(16)29-19)12-8-7-11(9-10-3-1-4-10)17(30(21,27)28)15(12)18-23-25-26-24-18/h2,5-8,10,18,23-26H,1,3-4,9H2,(H2,20,22)(H2,21,27,28). The molecule has 0 unspecified atom stereocenters. The number of aromatic nitrogens is 1. The molecule has 158 valence electrons. The maximum atomic E-state index is 12.8. The van der Waals surface area contributed by atoms with E-state index in [2.05, 4.69) is 26.9 Å². The number of sulfonamides is 1. The summed E-state index contributed by atoms with van der Waals surface area (Å²) in [7, 11) is -3.99. The normalized spacial score (nSPS) is 18.2. The van der Waals surface area contributed by atoms with Gasteiger partial charge in [-0.15, -0.1) is 0 Å². The highest BCUT2D eigenvalue weighted by atomic mass is 32.2. The van der Waals surface area contributed by atoms with Gasteiger partial charge < -0.3 is 5.73 Å². The van der Waals surface area contributed by atoms with Crippen molar-refractivity contribution in [1.82, 2.24) is 26.9 Å². The molecule has 2 aromatic carbocycles. The first-order valence-electron chi connectivity index (χ1n) is 9.77. The zero-order chi connectivity index (χ0) is 20.9. The van der Waals surface area contributed by atoms with Crippen molar-refractivity contribution >= 4 is 36.7 Å². The van der Waals surface area contributed by atoms with Crippen LogP contribution in [0.3, 0.4) is 0 Å². The summed E-state index contributed by atoms with van der Waals surface area (Å²) in [5.41, 5.74) is 21.1. The monoisotopic (exact) mass is 445 g/mol. The van der Waals surface area contributed by atoms with Crippen molar-refractivity contribution in [2.75, 3.05) is 5.73 Å². The Hall–Kier alpha value is -2.12. The van der Waals surface area contributed by atoms with E-state index in [-0.39, 0.29) is 4.90 Å². The number of primary sulfonamides is 1. The lowest BCUT2D eigenvalue weighted by Crippen LogP contribution is -2.33. The van der Waals surface area contributed by atoms with E-state index in [0.29, 0.717) is 23.0 Å². The van der Waals surface area contributed by atoms with E-state index >= 15 is 0 Å². The smallest absolute Gasteiger partial charge is 0.238 e. The Morgan fingerprint density at radius 1 is 1.10 bits per heavy atom. The maximum Gasteiger partial charge on any atom is 0.238 e. The lowest BCUT2D eigenvalue weighted by molar-refractivity contribution is 0.312. The molecule has 30 heavy (non-hydrogen) atoms. The topological polar surface area (TPSA) is 147 Å². The van der Waals surface area contributed by atoms with Gasteiger partial charge in [0.05, 0.1) is 15.1 Å². The van der Waals surface area contributed by atoms with Crippen LogP contribution in [0.15, 0.2) is 35.2 Å². The van der Waals surface area contributed by atoms with Gasteiger partial charge in [-0.1, -0.05) is 54.9 Å². The van der Waals surface area contributed by atoms with Gasteiger partial charge in [-0.2, -0.15) is 11.1 Å². The molecule has 2 fully saturated rings. The summed E-state index contributed by atoms with van der Waals surface area (Å²) >= 11 is 1.40. The van der Waals surface area contributed by atoms with Crippen LogP contribution in [0.1, 0.15) is 36.6 Å². The van der Waals surface area contributed by atoms with E-state index in [1.807, 2.05) is 30.3 Å². The second kappa shape index (κ2) is 7.54. The molecule has 11 heteroatoms. The zero-order valence-corrected chi connectivity index (χ0v) is 17.7.